The van der Waals surface area contributed by atoms with E-state index in [0.717, 1.165) is 29.7 Å². The van der Waals surface area contributed by atoms with E-state index < -0.39 is 5.91 Å². The first-order valence-electron chi connectivity index (χ1n) is 8.13. The second kappa shape index (κ2) is 6.39. The number of hydrogen-bond donors (Lipinski definition) is 2. The maximum absolute atomic E-state index is 12.7. The highest BCUT2D eigenvalue weighted by atomic mass is 32.1. The summed E-state index contributed by atoms with van der Waals surface area (Å²) in [4.78, 5) is 25.8. The highest BCUT2D eigenvalue weighted by molar-refractivity contribution is 7.17. The van der Waals surface area contributed by atoms with Crippen LogP contribution in [0.15, 0.2) is 4.52 Å². The molecule has 1 unspecified atom stereocenters. The molecule has 2 aromatic rings. The number of rotatable bonds is 4. The van der Waals surface area contributed by atoms with Crippen LogP contribution in [-0.4, -0.2) is 17.0 Å². The number of nitrogens with two attached hydrogens (primary N) is 1. The van der Waals surface area contributed by atoms with Gasteiger partial charge in [-0.15, -0.1) is 11.3 Å². The van der Waals surface area contributed by atoms with Crippen molar-refractivity contribution in [3.05, 3.63) is 33.0 Å². The van der Waals surface area contributed by atoms with E-state index >= 15 is 0 Å². The van der Waals surface area contributed by atoms with Gasteiger partial charge in [0.15, 0.2) is 0 Å². The van der Waals surface area contributed by atoms with Crippen LogP contribution in [0, 0.1) is 12.8 Å². The van der Waals surface area contributed by atoms with E-state index in [0.29, 0.717) is 39.9 Å². The molecule has 1 aliphatic rings. The van der Waals surface area contributed by atoms with Crippen molar-refractivity contribution in [3.8, 4) is 0 Å². The van der Waals surface area contributed by atoms with Crippen LogP contribution in [0.4, 0.5) is 5.00 Å². The molecule has 0 fully saturated rings. The minimum absolute atomic E-state index is 0.306. The fourth-order valence-corrected chi connectivity index (χ4v) is 4.63. The van der Waals surface area contributed by atoms with Crippen molar-refractivity contribution >= 4 is 28.2 Å². The third-order valence-corrected chi connectivity index (χ3v) is 5.65. The van der Waals surface area contributed by atoms with Gasteiger partial charge in [-0.05, 0) is 44.1 Å². The number of fused-ring (bicyclic) bond motifs is 1. The van der Waals surface area contributed by atoms with Gasteiger partial charge in [0.1, 0.15) is 16.3 Å². The minimum atomic E-state index is -0.491. The van der Waals surface area contributed by atoms with Crippen LogP contribution < -0.4 is 11.1 Å². The summed E-state index contributed by atoms with van der Waals surface area (Å²) in [6.45, 7) is 5.81. The average Bonchev–Trinajstić information content (AvgIpc) is 3.06. The number of thiophene rings is 1. The summed E-state index contributed by atoms with van der Waals surface area (Å²) in [7, 11) is 0. The molecule has 1 atom stereocenters. The molecule has 7 heteroatoms. The van der Waals surface area contributed by atoms with Gasteiger partial charge in [0, 0.05) is 4.88 Å². The predicted octanol–water partition coefficient (Wildman–Crippen LogP) is 3.08. The maximum Gasteiger partial charge on any atom is 0.261 e. The second-order valence-corrected chi connectivity index (χ2v) is 7.39. The molecule has 0 saturated heterocycles. The van der Waals surface area contributed by atoms with E-state index in [1.165, 1.54) is 11.3 Å². The van der Waals surface area contributed by atoms with Crippen molar-refractivity contribution in [3.63, 3.8) is 0 Å². The molecule has 0 aliphatic heterocycles. The van der Waals surface area contributed by atoms with Crippen molar-refractivity contribution in [2.75, 3.05) is 5.32 Å². The predicted molar refractivity (Wildman–Crippen MR) is 92.6 cm³/mol. The molecule has 6 nitrogen and oxygen atoms in total. The lowest BCUT2D eigenvalue weighted by Crippen LogP contribution is -2.20. The van der Waals surface area contributed by atoms with Crippen LogP contribution in [0.5, 0.6) is 0 Å². The van der Waals surface area contributed by atoms with Gasteiger partial charge in [-0.25, -0.2) is 0 Å². The summed E-state index contributed by atoms with van der Waals surface area (Å²) in [5, 5.41) is 7.30. The molecule has 2 amide bonds. The third-order valence-electron chi connectivity index (χ3n) is 4.48. The molecule has 3 N–H and O–H groups in total. The molecule has 0 radical (unpaired) electrons. The number of nitrogens with zero attached hydrogens (tertiary/aromatic N) is 1. The fraction of sp³-hybridized carbons (Fsp3) is 0.471. The van der Waals surface area contributed by atoms with Crippen LogP contribution in [-0.2, 0) is 19.3 Å². The van der Waals surface area contributed by atoms with E-state index in [4.69, 9.17) is 10.3 Å². The Kier molecular flexibility index (Phi) is 4.45. The quantitative estimate of drug-likeness (QED) is 0.888. The standard InChI is InChI=1S/C17H21N3O3S/c1-4-11-13(9(3)23-20-11)16(22)19-17-14(15(18)21)10-6-5-8(2)7-12(10)24-17/h8H,4-7H2,1-3H3,(H2,18,21)(H,19,22). The van der Waals surface area contributed by atoms with Crippen molar-refractivity contribution in [2.45, 2.75) is 46.5 Å². The van der Waals surface area contributed by atoms with E-state index in [-0.39, 0.29) is 5.91 Å². The largest absolute Gasteiger partial charge is 0.365 e. The number of aromatic nitrogens is 1. The maximum atomic E-state index is 12.7. The summed E-state index contributed by atoms with van der Waals surface area (Å²) in [5.41, 5.74) is 8.09. The van der Waals surface area contributed by atoms with Crippen molar-refractivity contribution in [1.82, 2.24) is 5.16 Å². The molecule has 2 heterocycles. The van der Waals surface area contributed by atoms with Crippen LogP contribution >= 0.6 is 11.3 Å². The average molecular weight is 347 g/mol. The van der Waals surface area contributed by atoms with Gasteiger partial charge >= 0.3 is 0 Å². The minimum Gasteiger partial charge on any atom is -0.365 e. The first kappa shape index (κ1) is 16.7. The number of carbonyl (C=O) groups is 2. The molecule has 2 aromatic heterocycles. The molecule has 3 rings (SSSR count). The number of anilines is 1. The topological polar surface area (TPSA) is 98.2 Å². The summed E-state index contributed by atoms with van der Waals surface area (Å²) in [6, 6.07) is 0. The first-order valence-corrected chi connectivity index (χ1v) is 8.94. The first-order chi connectivity index (χ1) is 11.4. The number of aryl methyl sites for hydroxylation is 2. The lowest BCUT2D eigenvalue weighted by molar-refractivity contribution is 0.1000. The zero-order valence-electron chi connectivity index (χ0n) is 14.1. The van der Waals surface area contributed by atoms with Gasteiger partial charge in [0.2, 0.25) is 0 Å². The molecule has 0 spiro atoms. The van der Waals surface area contributed by atoms with Gasteiger partial charge in [0.05, 0.1) is 11.3 Å². The van der Waals surface area contributed by atoms with Gasteiger partial charge in [-0.2, -0.15) is 0 Å². The Morgan fingerprint density at radius 2 is 2.17 bits per heavy atom. The number of primary amides is 1. The molecular formula is C17H21N3O3S. The lowest BCUT2D eigenvalue weighted by Gasteiger charge is -2.18. The third kappa shape index (κ3) is 2.84. The zero-order chi connectivity index (χ0) is 17.4. The van der Waals surface area contributed by atoms with Gasteiger partial charge in [-0.3, -0.25) is 9.59 Å². The van der Waals surface area contributed by atoms with Crippen LogP contribution in [0.25, 0.3) is 0 Å². The summed E-state index contributed by atoms with van der Waals surface area (Å²) in [6.07, 6.45) is 3.37. The van der Waals surface area contributed by atoms with Crippen LogP contribution in [0.1, 0.15) is 62.9 Å². The summed E-state index contributed by atoms with van der Waals surface area (Å²) in [5.74, 6) is 0.252. The highest BCUT2D eigenvalue weighted by Gasteiger charge is 2.28. The Morgan fingerprint density at radius 1 is 1.42 bits per heavy atom. The number of carbonyl (C=O) groups excluding carboxylic acids is 2. The van der Waals surface area contributed by atoms with Crippen molar-refractivity contribution < 1.29 is 14.1 Å². The highest BCUT2D eigenvalue weighted by Crippen LogP contribution is 2.39. The van der Waals surface area contributed by atoms with Gasteiger partial charge < -0.3 is 15.6 Å². The fourth-order valence-electron chi connectivity index (χ4n) is 3.22. The Labute approximate surface area is 144 Å². The van der Waals surface area contributed by atoms with Crippen LogP contribution in [0.3, 0.4) is 0 Å². The normalized spacial score (nSPS) is 16.7. The molecule has 128 valence electrons. The molecule has 24 heavy (non-hydrogen) atoms. The van der Waals surface area contributed by atoms with Gasteiger partial charge in [-0.1, -0.05) is 19.0 Å². The van der Waals surface area contributed by atoms with Gasteiger partial charge in [0.25, 0.3) is 11.8 Å². The second-order valence-electron chi connectivity index (χ2n) is 6.29. The zero-order valence-corrected chi connectivity index (χ0v) is 14.9. The Morgan fingerprint density at radius 3 is 2.83 bits per heavy atom. The SMILES string of the molecule is CCc1noc(C)c1C(=O)Nc1sc2c(c1C(N)=O)CCC(C)C2. The number of amides is 2. The van der Waals surface area contributed by atoms with E-state index in [9.17, 15) is 9.59 Å². The van der Waals surface area contributed by atoms with Crippen molar-refractivity contribution in [1.29, 1.82) is 0 Å². The Hall–Kier alpha value is -2.15. The molecule has 0 bridgehead atoms. The molecule has 0 aromatic carbocycles. The van der Waals surface area contributed by atoms with Crippen LogP contribution in [0.2, 0.25) is 0 Å². The lowest BCUT2D eigenvalue weighted by atomic mass is 9.88. The molecule has 0 saturated carbocycles. The van der Waals surface area contributed by atoms with Crippen molar-refractivity contribution in [2.24, 2.45) is 11.7 Å². The number of hydrogen-bond acceptors (Lipinski definition) is 5. The van der Waals surface area contributed by atoms with E-state index in [1.54, 1.807) is 6.92 Å². The summed E-state index contributed by atoms with van der Waals surface area (Å²) >= 11 is 1.46. The molecular weight excluding hydrogens is 326 g/mol. The van der Waals surface area contributed by atoms with E-state index in [1.807, 2.05) is 6.92 Å². The Balaban J connectivity index is 1.97. The Bertz CT molecular complexity index is 806. The summed E-state index contributed by atoms with van der Waals surface area (Å²) < 4.78 is 5.12. The van der Waals surface area contributed by atoms with E-state index in [2.05, 4.69) is 17.4 Å². The monoisotopic (exact) mass is 347 g/mol. The smallest absolute Gasteiger partial charge is 0.261 e. The molecule has 1 aliphatic carbocycles. The number of nitrogens with one attached hydrogen (secondary N) is 1.